The Labute approximate surface area is 488 Å². The highest BCUT2D eigenvalue weighted by Gasteiger charge is 2.30. The van der Waals surface area contributed by atoms with Crippen LogP contribution < -0.4 is 45.9 Å². The van der Waals surface area contributed by atoms with Crippen LogP contribution in [0.15, 0.2) is 66.7 Å². The summed E-state index contributed by atoms with van der Waals surface area (Å²) in [5.74, 6) is -2.99. The van der Waals surface area contributed by atoms with Crippen LogP contribution in [0.2, 0.25) is 0 Å². The van der Waals surface area contributed by atoms with Crippen molar-refractivity contribution >= 4 is 86.3 Å². The molecule has 25 nitrogen and oxygen atoms in total. The number of carboxylic acids is 1. The Morgan fingerprint density at radius 2 is 1.35 bits per heavy atom. The first-order valence-electron chi connectivity index (χ1n) is 27.3. The molecule has 6 rings (SSSR count). The van der Waals surface area contributed by atoms with E-state index in [-0.39, 0.29) is 122 Å². The number of thiophene rings is 1. The third-order valence-corrected chi connectivity index (χ3v) is 14.4. The number of benzene rings is 3. The van der Waals surface area contributed by atoms with Gasteiger partial charge in [-0.25, -0.2) is 4.79 Å². The first kappa shape index (κ1) is 64.5. The van der Waals surface area contributed by atoms with Crippen LogP contribution >= 0.6 is 11.3 Å². The predicted octanol–water partition coefficient (Wildman–Crippen LogP) is 4.54. The van der Waals surface area contributed by atoms with E-state index in [0.29, 0.717) is 58.6 Å². The monoisotopic (exact) mass is 1190 g/mol. The Balaban J connectivity index is 0.898. The van der Waals surface area contributed by atoms with Gasteiger partial charge in [-0.1, -0.05) is 26.0 Å². The number of hydrogen-bond acceptors (Lipinski definition) is 18. The average Bonchev–Trinajstić information content (AvgIpc) is 4.35. The molecule has 7 N–H and O–H groups in total. The number of Topliss-reactive ketones (excluding diaryl/α,β-unsaturated/α-hetero) is 1. The second-order valence-electron chi connectivity index (χ2n) is 19.8. The van der Waals surface area contributed by atoms with Gasteiger partial charge in [0, 0.05) is 73.9 Å². The molecule has 1 aromatic heterocycles. The molecule has 26 heteroatoms. The Hall–Kier alpha value is -8.62. The number of rotatable bonds is 36. The molecular formula is C58H71N7O18S. The summed E-state index contributed by atoms with van der Waals surface area (Å²) in [4.78, 5) is 127. The van der Waals surface area contributed by atoms with Gasteiger partial charge < -0.3 is 70.2 Å². The molecule has 0 aliphatic carbocycles. The van der Waals surface area contributed by atoms with Crippen molar-refractivity contribution in [2.45, 2.75) is 97.0 Å². The summed E-state index contributed by atoms with van der Waals surface area (Å²) in [5, 5.41) is 20.4. The van der Waals surface area contributed by atoms with Crippen LogP contribution in [0.4, 0.5) is 10.5 Å². The largest absolute Gasteiger partial charge is 0.493 e. The molecule has 3 aromatic carbocycles. The first-order chi connectivity index (χ1) is 40.3. The number of nitrogens with one attached hydrogen (secondary N) is 4. The van der Waals surface area contributed by atoms with Crippen molar-refractivity contribution in [3.63, 3.8) is 0 Å². The molecule has 0 spiro atoms. The lowest BCUT2D eigenvalue weighted by molar-refractivity contribution is -0.147. The van der Waals surface area contributed by atoms with Crippen LogP contribution in [0.1, 0.15) is 91.6 Å². The second-order valence-corrected chi connectivity index (χ2v) is 20.9. The number of esters is 1. The number of urea groups is 1. The van der Waals surface area contributed by atoms with Crippen LogP contribution in [0.5, 0.6) is 23.0 Å². The molecule has 8 amide bonds. The van der Waals surface area contributed by atoms with Crippen LogP contribution in [0.3, 0.4) is 0 Å². The van der Waals surface area contributed by atoms with E-state index in [1.165, 1.54) is 37.7 Å². The van der Waals surface area contributed by atoms with E-state index in [2.05, 4.69) is 21.3 Å². The number of nitrogens with zero attached hydrogens (tertiary/aromatic N) is 2. The van der Waals surface area contributed by atoms with Crippen LogP contribution in [0, 0.1) is 5.92 Å². The molecule has 3 heterocycles. The normalized spacial score (nSPS) is 13.3. The predicted molar refractivity (Wildman–Crippen MR) is 304 cm³/mol. The van der Waals surface area contributed by atoms with Crippen molar-refractivity contribution in [2.24, 2.45) is 11.7 Å². The molecule has 0 unspecified atom stereocenters. The van der Waals surface area contributed by atoms with Gasteiger partial charge in [0.25, 0.3) is 11.8 Å². The zero-order valence-corrected chi connectivity index (χ0v) is 48.1. The molecule has 0 fully saturated rings. The molecule has 452 valence electrons. The standard InChI is InChI=1S/C58H71N7O18S/c1-35(2)55(63-49(67)18-23-79-25-26-80-24-20-65-51(69)13-14-52(65)70)57(75)62-41(7-5-19-60-58(59)76)56(74)61-40-10-8-36(9-11-40)34-83-54(73)17-15-50(68)64-32-38-28-43(77-3)46(29-39(38)33-64)82-22-6-21-81-45-27-37-30-48(42(66)12-16-53(71)72)84-47(37)31-44(45)78-4/h8-11,13-14,27-31,35,41,55H,5-7,12,15-26,32-34H2,1-4H3,(H,61,74)(H,62,75)(H,63,67)(H,71,72)(H3,59,60,76)/t41-,55-/m0/s1. The Morgan fingerprint density at radius 3 is 1.99 bits per heavy atom. The summed E-state index contributed by atoms with van der Waals surface area (Å²) in [6, 6.07) is 12.6. The molecular weight excluding hydrogens is 1110 g/mol. The van der Waals surface area contributed by atoms with Crippen molar-refractivity contribution < 1.29 is 86.2 Å². The number of imide groups is 1. The zero-order valence-electron chi connectivity index (χ0n) is 47.3. The highest BCUT2D eigenvalue weighted by molar-refractivity contribution is 7.20. The summed E-state index contributed by atoms with van der Waals surface area (Å²) >= 11 is 1.26. The third-order valence-electron chi connectivity index (χ3n) is 13.2. The van der Waals surface area contributed by atoms with E-state index in [9.17, 15) is 47.9 Å². The summed E-state index contributed by atoms with van der Waals surface area (Å²) in [5.41, 5.74) is 7.92. The number of ketones is 1. The van der Waals surface area contributed by atoms with Gasteiger partial charge in [-0.15, -0.1) is 11.3 Å². The molecule has 0 radical (unpaired) electrons. The number of hydrogen-bond donors (Lipinski definition) is 6. The summed E-state index contributed by atoms with van der Waals surface area (Å²) in [6.45, 7) is 5.21. The number of primary amides is 1. The number of nitrogens with two attached hydrogens (primary N) is 1. The number of ether oxygens (including phenoxy) is 7. The molecule has 0 saturated heterocycles. The van der Waals surface area contributed by atoms with E-state index in [4.69, 9.17) is 44.0 Å². The lowest BCUT2D eigenvalue weighted by atomic mass is 10.0. The van der Waals surface area contributed by atoms with Gasteiger partial charge >= 0.3 is 18.0 Å². The quantitative estimate of drug-likeness (QED) is 0.0158. The number of carbonyl (C=O) groups excluding carboxylic acids is 9. The number of anilines is 1. The minimum Gasteiger partial charge on any atom is -0.493 e. The minimum absolute atomic E-state index is 0.0223. The molecule has 2 atom stereocenters. The summed E-state index contributed by atoms with van der Waals surface area (Å²) in [6.07, 6.45) is 2.58. The maximum absolute atomic E-state index is 13.6. The summed E-state index contributed by atoms with van der Waals surface area (Å²) in [7, 11) is 3.04. The molecule has 4 aromatic rings. The van der Waals surface area contributed by atoms with Gasteiger partial charge in [-0.05, 0) is 77.2 Å². The fourth-order valence-electron chi connectivity index (χ4n) is 8.72. The smallest absolute Gasteiger partial charge is 0.312 e. The van der Waals surface area contributed by atoms with Gasteiger partial charge in [-0.2, -0.15) is 0 Å². The molecule has 0 bridgehead atoms. The number of fused-ring (bicyclic) bond motifs is 2. The van der Waals surface area contributed by atoms with Gasteiger partial charge in [0.2, 0.25) is 23.6 Å². The maximum atomic E-state index is 13.6. The summed E-state index contributed by atoms with van der Waals surface area (Å²) < 4.78 is 40.4. The van der Waals surface area contributed by atoms with Crippen LogP contribution in [0.25, 0.3) is 10.1 Å². The lowest BCUT2D eigenvalue weighted by Crippen LogP contribution is -2.54. The molecule has 2 aliphatic rings. The van der Waals surface area contributed by atoms with Gasteiger partial charge in [0.05, 0.1) is 78.1 Å². The maximum Gasteiger partial charge on any atom is 0.312 e. The fourth-order valence-corrected chi connectivity index (χ4v) is 9.76. The van der Waals surface area contributed by atoms with Gasteiger partial charge in [0.1, 0.15) is 18.7 Å². The number of carboxylic acid groups (broad SMARTS) is 1. The van der Waals surface area contributed by atoms with Crippen molar-refractivity contribution in [1.82, 2.24) is 25.8 Å². The Morgan fingerprint density at radius 1 is 0.702 bits per heavy atom. The molecule has 2 aliphatic heterocycles. The van der Waals surface area contributed by atoms with E-state index in [1.54, 1.807) is 61.2 Å². The van der Waals surface area contributed by atoms with E-state index < -0.39 is 59.6 Å². The highest BCUT2D eigenvalue weighted by atomic mass is 32.1. The zero-order chi connectivity index (χ0) is 60.7. The third kappa shape index (κ3) is 19.8. The van der Waals surface area contributed by atoms with Crippen molar-refractivity contribution in [3.8, 4) is 23.0 Å². The van der Waals surface area contributed by atoms with Crippen LogP contribution in [-0.2, 0) is 72.3 Å². The highest BCUT2D eigenvalue weighted by Crippen LogP contribution is 2.38. The van der Waals surface area contributed by atoms with Crippen molar-refractivity contribution in [3.05, 3.63) is 88.3 Å². The number of amides is 8. The topological polar surface area (TPSA) is 336 Å². The lowest BCUT2D eigenvalue weighted by Gasteiger charge is -2.25. The SMILES string of the molecule is COc1cc2c(cc1OCCCOc1cc3cc(C(=O)CCC(=O)O)sc3cc1OC)CN(C(=O)CCC(=O)OCc1ccc(NC(=O)[C@H](CCCNC(N)=O)NC(=O)[C@@H](NC(=O)CCOCCOCCN3C(=O)C=CC3=O)C(C)C)cc1)C2. The number of aliphatic carboxylic acids is 1. The Bertz CT molecular complexity index is 3040. The van der Waals surface area contributed by atoms with Gasteiger partial charge in [-0.3, -0.25) is 48.1 Å². The molecule has 84 heavy (non-hydrogen) atoms. The fraction of sp³-hybridized carbons (Fsp3) is 0.448. The number of methoxy groups -OCH3 is 2. The molecule has 0 saturated carbocycles. The number of carbonyl (C=O) groups is 10. The second kappa shape index (κ2) is 32.3. The van der Waals surface area contributed by atoms with E-state index in [1.807, 2.05) is 12.1 Å². The van der Waals surface area contributed by atoms with Crippen LogP contribution in [-0.4, -0.2) is 153 Å². The van der Waals surface area contributed by atoms with Crippen molar-refractivity contribution in [2.75, 3.05) is 72.3 Å². The minimum atomic E-state index is -1.09. The first-order valence-corrected chi connectivity index (χ1v) is 28.1. The average molecular weight is 1190 g/mol. The van der Waals surface area contributed by atoms with E-state index >= 15 is 0 Å². The Kier molecular flexibility index (Phi) is 24.8. The van der Waals surface area contributed by atoms with Gasteiger partial charge in [0.15, 0.2) is 28.8 Å². The van der Waals surface area contributed by atoms with E-state index in [0.717, 1.165) is 26.1 Å². The van der Waals surface area contributed by atoms with Crippen molar-refractivity contribution in [1.29, 1.82) is 0 Å².